The molecule has 0 amide bonds. The van der Waals surface area contributed by atoms with Gasteiger partial charge in [0.1, 0.15) is 0 Å². The van der Waals surface area contributed by atoms with Crippen LogP contribution in [0.1, 0.15) is 22.2 Å². The second kappa shape index (κ2) is 6.43. The highest BCUT2D eigenvalue weighted by Crippen LogP contribution is 2.22. The first-order valence-electron chi connectivity index (χ1n) is 6.37. The molecule has 0 radical (unpaired) electrons. The van der Waals surface area contributed by atoms with E-state index in [1.54, 1.807) is 29.5 Å². The second-order valence-electron chi connectivity index (χ2n) is 4.62. The van der Waals surface area contributed by atoms with Gasteiger partial charge in [0.15, 0.2) is 0 Å². The van der Waals surface area contributed by atoms with E-state index in [4.69, 9.17) is 10.5 Å². The first-order chi connectivity index (χ1) is 9.60. The largest absolute Gasteiger partial charge is 0.465 e. The number of nitrogen functional groups attached to an aromatic ring is 1. The summed E-state index contributed by atoms with van der Waals surface area (Å²) in [7, 11) is 1.37. The van der Waals surface area contributed by atoms with Gasteiger partial charge in [-0.1, -0.05) is 6.07 Å². The molecule has 0 aliphatic carbocycles. The highest BCUT2D eigenvalue weighted by molar-refractivity contribution is 7.09. The Morgan fingerprint density at radius 2 is 2.25 bits per heavy atom. The van der Waals surface area contributed by atoms with E-state index in [-0.39, 0.29) is 12.0 Å². The van der Waals surface area contributed by atoms with Gasteiger partial charge in [-0.15, -0.1) is 11.3 Å². The molecular weight excluding hydrogens is 272 g/mol. The predicted molar refractivity (Wildman–Crippen MR) is 83.3 cm³/mol. The Morgan fingerprint density at radius 1 is 1.45 bits per heavy atom. The van der Waals surface area contributed by atoms with E-state index in [1.807, 2.05) is 6.07 Å². The van der Waals surface area contributed by atoms with Gasteiger partial charge in [-0.05, 0) is 36.6 Å². The van der Waals surface area contributed by atoms with Crippen LogP contribution in [0.4, 0.5) is 11.4 Å². The Kier molecular flexibility index (Phi) is 4.63. The second-order valence-corrected chi connectivity index (χ2v) is 5.65. The monoisotopic (exact) mass is 290 g/mol. The molecule has 20 heavy (non-hydrogen) atoms. The maximum Gasteiger partial charge on any atom is 0.337 e. The SMILES string of the molecule is COC(=O)c1ccc(N)c(NC(C)Cc2cccs2)c1. The number of rotatable bonds is 5. The summed E-state index contributed by atoms with van der Waals surface area (Å²) in [6, 6.07) is 9.48. The van der Waals surface area contributed by atoms with Crippen molar-refractivity contribution in [1.29, 1.82) is 0 Å². The molecule has 1 aromatic carbocycles. The molecule has 1 aromatic heterocycles. The number of hydrogen-bond acceptors (Lipinski definition) is 5. The number of carbonyl (C=O) groups is 1. The van der Waals surface area contributed by atoms with Crippen molar-refractivity contribution in [2.75, 3.05) is 18.2 Å². The number of anilines is 2. The number of hydrogen-bond donors (Lipinski definition) is 2. The van der Waals surface area contributed by atoms with Crippen molar-refractivity contribution >= 4 is 28.7 Å². The van der Waals surface area contributed by atoms with Crippen LogP contribution in [0.2, 0.25) is 0 Å². The van der Waals surface area contributed by atoms with Crippen molar-refractivity contribution < 1.29 is 9.53 Å². The van der Waals surface area contributed by atoms with Gasteiger partial charge in [0.2, 0.25) is 0 Å². The van der Waals surface area contributed by atoms with E-state index >= 15 is 0 Å². The van der Waals surface area contributed by atoms with E-state index in [2.05, 4.69) is 23.7 Å². The van der Waals surface area contributed by atoms with Crippen LogP contribution in [-0.4, -0.2) is 19.1 Å². The zero-order chi connectivity index (χ0) is 14.5. The minimum absolute atomic E-state index is 0.226. The Labute approximate surface area is 122 Å². The third-order valence-electron chi connectivity index (χ3n) is 2.96. The van der Waals surface area contributed by atoms with Crippen LogP contribution in [0.15, 0.2) is 35.7 Å². The highest BCUT2D eigenvalue weighted by Gasteiger charge is 2.11. The zero-order valence-corrected chi connectivity index (χ0v) is 12.4. The summed E-state index contributed by atoms with van der Waals surface area (Å²) < 4.78 is 4.72. The molecule has 0 aliphatic rings. The molecule has 0 aliphatic heterocycles. The lowest BCUT2D eigenvalue weighted by atomic mass is 10.1. The van der Waals surface area contributed by atoms with E-state index in [1.165, 1.54) is 12.0 Å². The third-order valence-corrected chi connectivity index (χ3v) is 3.86. The summed E-state index contributed by atoms with van der Waals surface area (Å²) in [5, 5.41) is 5.41. The number of nitrogens with two attached hydrogens (primary N) is 1. The molecule has 1 unspecified atom stereocenters. The van der Waals surface area contributed by atoms with Crippen LogP contribution < -0.4 is 11.1 Å². The minimum atomic E-state index is -0.362. The molecule has 1 heterocycles. The van der Waals surface area contributed by atoms with Crippen LogP contribution in [0.25, 0.3) is 0 Å². The summed E-state index contributed by atoms with van der Waals surface area (Å²) in [6.45, 7) is 2.09. The van der Waals surface area contributed by atoms with E-state index in [0.717, 1.165) is 12.1 Å². The van der Waals surface area contributed by atoms with Crippen molar-refractivity contribution in [3.63, 3.8) is 0 Å². The molecular formula is C15H18N2O2S. The normalized spacial score (nSPS) is 11.9. The summed E-state index contributed by atoms with van der Waals surface area (Å²) in [5.41, 5.74) is 7.82. The fourth-order valence-corrected chi connectivity index (χ4v) is 2.81. The maximum atomic E-state index is 11.5. The van der Waals surface area contributed by atoms with Crippen molar-refractivity contribution in [2.45, 2.75) is 19.4 Å². The van der Waals surface area contributed by atoms with Crippen molar-refractivity contribution in [3.8, 4) is 0 Å². The molecule has 0 bridgehead atoms. The molecule has 0 saturated carbocycles. The Morgan fingerprint density at radius 3 is 2.90 bits per heavy atom. The summed E-state index contributed by atoms with van der Waals surface area (Å²) in [6.07, 6.45) is 0.916. The van der Waals surface area contributed by atoms with E-state index < -0.39 is 0 Å². The molecule has 1 atom stereocenters. The lowest BCUT2D eigenvalue weighted by Crippen LogP contribution is -2.18. The van der Waals surface area contributed by atoms with Gasteiger partial charge < -0.3 is 15.8 Å². The molecule has 0 fully saturated rings. The zero-order valence-electron chi connectivity index (χ0n) is 11.6. The Bertz CT molecular complexity index is 582. The standard InChI is InChI=1S/C15H18N2O2S/c1-10(8-12-4-3-7-20-12)17-14-9-11(15(18)19-2)5-6-13(14)16/h3-7,9-10,17H,8,16H2,1-2H3. The summed E-state index contributed by atoms with van der Waals surface area (Å²) in [4.78, 5) is 12.8. The van der Waals surface area contributed by atoms with Crippen molar-refractivity contribution in [2.24, 2.45) is 0 Å². The third kappa shape index (κ3) is 3.51. The van der Waals surface area contributed by atoms with E-state index in [9.17, 15) is 4.79 Å². The molecule has 0 saturated heterocycles. The van der Waals surface area contributed by atoms with Crippen LogP contribution >= 0.6 is 11.3 Å². The van der Waals surface area contributed by atoms with Crippen LogP contribution in [0.3, 0.4) is 0 Å². The average molecular weight is 290 g/mol. The first-order valence-corrected chi connectivity index (χ1v) is 7.25. The van der Waals surface area contributed by atoms with Gasteiger partial charge in [0.25, 0.3) is 0 Å². The average Bonchev–Trinajstić information content (AvgIpc) is 2.93. The number of carbonyl (C=O) groups excluding carboxylic acids is 1. The maximum absolute atomic E-state index is 11.5. The first kappa shape index (κ1) is 14.4. The van der Waals surface area contributed by atoms with Gasteiger partial charge >= 0.3 is 5.97 Å². The number of ether oxygens (including phenoxy) is 1. The van der Waals surface area contributed by atoms with Crippen molar-refractivity contribution in [1.82, 2.24) is 0 Å². The number of esters is 1. The van der Waals surface area contributed by atoms with Gasteiger partial charge in [0.05, 0.1) is 24.0 Å². The molecule has 5 heteroatoms. The van der Waals surface area contributed by atoms with Gasteiger partial charge in [-0.25, -0.2) is 4.79 Å². The van der Waals surface area contributed by atoms with Gasteiger partial charge in [-0.2, -0.15) is 0 Å². The fourth-order valence-electron chi connectivity index (χ4n) is 1.97. The van der Waals surface area contributed by atoms with Crippen LogP contribution in [0.5, 0.6) is 0 Å². The van der Waals surface area contributed by atoms with Crippen LogP contribution in [0, 0.1) is 0 Å². The van der Waals surface area contributed by atoms with Gasteiger partial charge in [0, 0.05) is 17.3 Å². The van der Waals surface area contributed by atoms with Crippen molar-refractivity contribution in [3.05, 3.63) is 46.2 Å². The Hall–Kier alpha value is -2.01. The molecule has 106 valence electrons. The highest BCUT2D eigenvalue weighted by atomic mass is 32.1. The fraction of sp³-hybridized carbons (Fsp3) is 0.267. The number of thiophene rings is 1. The molecule has 3 N–H and O–H groups in total. The smallest absolute Gasteiger partial charge is 0.337 e. The quantitative estimate of drug-likeness (QED) is 0.656. The number of nitrogens with one attached hydrogen (secondary N) is 1. The predicted octanol–water partition coefficient (Wildman–Crippen LogP) is 3.16. The lowest BCUT2D eigenvalue weighted by molar-refractivity contribution is 0.0601. The lowest BCUT2D eigenvalue weighted by Gasteiger charge is -2.16. The molecule has 0 spiro atoms. The number of benzene rings is 1. The molecule has 2 aromatic rings. The minimum Gasteiger partial charge on any atom is -0.465 e. The number of methoxy groups -OCH3 is 1. The Balaban J connectivity index is 2.09. The molecule has 2 rings (SSSR count). The summed E-state index contributed by atoms with van der Waals surface area (Å²) in [5.74, 6) is -0.362. The topological polar surface area (TPSA) is 64.3 Å². The van der Waals surface area contributed by atoms with Gasteiger partial charge in [-0.3, -0.25) is 0 Å². The molecule has 4 nitrogen and oxygen atoms in total. The van der Waals surface area contributed by atoms with Crippen LogP contribution in [-0.2, 0) is 11.2 Å². The summed E-state index contributed by atoms with van der Waals surface area (Å²) >= 11 is 1.73. The van der Waals surface area contributed by atoms with E-state index in [0.29, 0.717) is 11.3 Å².